The lowest BCUT2D eigenvalue weighted by Crippen LogP contribution is -2.00. The first-order valence-electron chi connectivity index (χ1n) is 7.29. The van der Waals surface area contributed by atoms with Crippen LogP contribution in [0.2, 0.25) is 0 Å². The molecular weight excluding hydrogens is 232 g/mol. The highest BCUT2D eigenvalue weighted by Crippen LogP contribution is 2.17. The molecule has 0 N–H and O–H groups in total. The second-order valence-electron chi connectivity index (χ2n) is 5.18. The van der Waals surface area contributed by atoms with Crippen LogP contribution in [0, 0.1) is 0 Å². The molecule has 0 amide bonds. The van der Waals surface area contributed by atoms with Gasteiger partial charge in [-0.05, 0) is 29.2 Å². The first-order valence-corrected chi connectivity index (χ1v) is 7.29. The largest absolute Gasteiger partial charge is 0.300 e. The SMILES string of the molecule is CCCCCC(=O)CCc1ccc2ccccc2c1. The maximum absolute atomic E-state index is 11.8. The first-order chi connectivity index (χ1) is 9.29. The Balaban J connectivity index is 1.89. The molecule has 100 valence electrons. The second kappa shape index (κ2) is 7.08. The number of ketones is 1. The zero-order valence-corrected chi connectivity index (χ0v) is 11.7. The standard InChI is InChI=1S/C18H22O/c1-2-3-4-9-18(19)13-11-15-10-12-16-7-5-6-8-17(16)14-15/h5-8,10,12,14H,2-4,9,11,13H2,1H3. The van der Waals surface area contributed by atoms with Crippen molar-refractivity contribution < 1.29 is 4.79 Å². The Hall–Kier alpha value is -1.63. The van der Waals surface area contributed by atoms with Crippen LogP contribution in [0.25, 0.3) is 10.8 Å². The maximum atomic E-state index is 11.8. The van der Waals surface area contributed by atoms with Gasteiger partial charge >= 0.3 is 0 Å². The van der Waals surface area contributed by atoms with Crippen molar-refractivity contribution in [2.75, 3.05) is 0 Å². The molecule has 19 heavy (non-hydrogen) atoms. The molecule has 0 fully saturated rings. The van der Waals surface area contributed by atoms with Crippen LogP contribution < -0.4 is 0 Å². The van der Waals surface area contributed by atoms with Crippen molar-refractivity contribution in [3.05, 3.63) is 48.0 Å². The third-order valence-electron chi connectivity index (χ3n) is 3.57. The topological polar surface area (TPSA) is 17.1 Å². The van der Waals surface area contributed by atoms with Crippen molar-refractivity contribution in [3.63, 3.8) is 0 Å². The minimum Gasteiger partial charge on any atom is -0.300 e. The molecule has 0 unspecified atom stereocenters. The van der Waals surface area contributed by atoms with E-state index in [1.807, 2.05) is 0 Å². The van der Waals surface area contributed by atoms with Gasteiger partial charge in [-0.15, -0.1) is 0 Å². The van der Waals surface area contributed by atoms with Crippen molar-refractivity contribution in [2.45, 2.75) is 45.4 Å². The lowest BCUT2D eigenvalue weighted by Gasteiger charge is -2.04. The van der Waals surface area contributed by atoms with Gasteiger partial charge in [0.1, 0.15) is 5.78 Å². The third-order valence-corrected chi connectivity index (χ3v) is 3.57. The van der Waals surface area contributed by atoms with E-state index in [4.69, 9.17) is 0 Å². The summed E-state index contributed by atoms with van der Waals surface area (Å²) < 4.78 is 0. The molecule has 0 aliphatic carbocycles. The normalized spacial score (nSPS) is 10.8. The summed E-state index contributed by atoms with van der Waals surface area (Å²) in [6.07, 6.45) is 5.70. The van der Waals surface area contributed by atoms with Crippen LogP contribution in [0.1, 0.15) is 44.6 Å². The summed E-state index contributed by atoms with van der Waals surface area (Å²) >= 11 is 0. The van der Waals surface area contributed by atoms with Gasteiger partial charge in [-0.2, -0.15) is 0 Å². The molecule has 2 aromatic rings. The summed E-state index contributed by atoms with van der Waals surface area (Å²) in [7, 11) is 0. The van der Waals surface area contributed by atoms with Gasteiger partial charge in [-0.25, -0.2) is 0 Å². The fraction of sp³-hybridized carbons (Fsp3) is 0.389. The zero-order chi connectivity index (χ0) is 13.5. The number of Topliss-reactive ketones (excluding diaryl/α,β-unsaturated/α-hetero) is 1. The number of benzene rings is 2. The monoisotopic (exact) mass is 254 g/mol. The molecule has 0 bridgehead atoms. The van der Waals surface area contributed by atoms with Gasteiger partial charge in [-0.1, -0.05) is 62.2 Å². The van der Waals surface area contributed by atoms with E-state index in [1.165, 1.54) is 29.2 Å². The molecule has 0 heterocycles. The molecule has 0 aromatic heterocycles. The molecule has 0 atom stereocenters. The minimum absolute atomic E-state index is 0.404. The van der Waals surface area contributed by atoms with Crippen LogP contribution in [0.4, 0.5) is 0 Å². The number of carbonyl (C=O) groups is 1. The quantitative estimate of drug-likeness (QED) is 0.641. The number of aryl methyl sites for hydroxylation is 1. The van der Waals surface area contributed by atoms with Crippen LogP contribution in [-0.4, -0.2) is 5.78 Å². The zero-order valence-electron chi connectivity index (χ0n) is 11.7. The van der Waals surface area contributed by atoms with E-state index in [0.717, 1.165) is 19.3 Å². The summed E-state index contributed by atoms with van der Waals surface area (Å²) in [6, 6.07) is 14.8. The fourth-order valence-electron chi connectivity index (χ4n) is 2.38. The Labute approximate surface area is 115 Å². The number of fused-ring (bicyclic) bond motifs is 1. The summed E-state index contributed by atoms with van der Waals surface area (Å²) in [5.41, 5.74) is 1.27. The van der Waals surface area contributed by atoms with E-state index in [1.54, 1.807) is 0 Å². The Morgan fingerprint density at radius 2 is 1.74 bits per heavy atom. The molecule has 1 heteroatoms. The Kier molecular flexibility index (Phi) is 5.14. The van der Waals surface area contributed by atoms with E-state index < -0.39 is 0 Å². The highest BCUT2D eigenvalue weighted by molar-refractivity contribution is 5.83. The van der Waals surface area contributed by atoms with Crippen LogP contribution in [0.3, 0.4) is 0 Å². The molecule has 0 radical (unpaired) electrons. The number of carbonyl (C=O) groups excluding carboxylic acids is 1. The van der Waals surface area contributed by atoms with Gasteiger partial charge in [0.25, 0.3) is 0 Å². The van der Waals surface area contributed by atoms with Crippen molar-refractivity contribution in [2.24, 2.45) is 0 Å². The maximum Gasteiger partial charge on any atom is 0.133 e. The molecular formula is C18H22O. The van der Waals surface area contributed by atoms with E-state index in [9.17, 15) is 4.79 Å². The van der Waals surface area contributed by atoms with Crippen molar-refractivity contribution in [3.8, 4) is 0 Å². The van der Waals surface area contributed by atoms with Gasteiger partial charge in [0.05, 0.1) is 0 Å². The molecule has 0 aliphatic rings. The third kappa shape index (κ3) is 4.20. The summed E-state index contributed by atoms with van der Waals surface area (Å²) in [5, 5.41) is 2.53. The molecule has 1 nitrogen and oxygen atoms in total. The van der Waals surface area contributed by atoms with Gasteiger partial charge in [0.2, 0.25) is 0 Å². The molecule has 0 saturated heterocycles. The molecule has 0 spiro atoms. The van der Waals surface area contributed by atoms with E-state index in [-0.39, 0.29) is 0 Å². The Bertz CT molecular complexity index is 542. The Morgan fingerprint density at radius 3 is 2.53 bits per heavy atom. The smallest absolute Gasteiger partial charge is 0.133 e. The average Bonchev–Trinajstić information content (AvgIpc) is 2.45. The predicted octanol–water partition coefficient (Wildman–Crippen LogP) is 4.92. The van der Waals surface area contributed by atoms with E-state index in [2.05, 4.69) is 49.4 Å². The van der Waals surface area contributed by atoms with Crippen molar-refractivity contribution >= 4 is 16.6 Å². The minimum atomic E-state index is 0.404. The lowest BCUT2D eigenvalue weighted by molar-refractivity contribution is -0.119. The molecule has 2 aromatic carbocycles. The average molecular weight is 254 g/mol. The van der Waals surface area contributed by atoms with Gasteiger partial charge < -0.3 is 0 Å². The number of unbranched alkanes of at least 4 members (excludes halogenated alkanes) is 2. The second-order valence-corrected chi connectivity index (χ2v) is 5.18. The van der Waals surface area contributed by atoms with Crippen LogP contribution in [-0.2, 0) is 11.2 Å². The predicted molar refractivity (Wildman–Crippen MR) is 81.4 cm³/mol. The number of rotatable bonds is 7. The van der Waals surface area contributed by atoms with Gasteiger partial charge in [0.15, 0.2) is 0 Å². The fourth-order valence-corrected chi connectivity index (χ4v) is 2.38. The molecule has 2 rings (SSSR count). The van der Waals surface area contributed by atoms with Crippen molar-refractivity contribution in [1.82, 2.24) is 0 Å². The van der Waals surface area contributed by atoms with Crippen molar-refractivity contribution in [1.29, 1.82) is 0 Å². The molecule has 0 saturated carbocycles. The van der Waals surface area contributed by atoms with E-state index >= 15 is 0 Å². The number of hydrogen-bond acceptors (Lipinski definition) is 1. The first kappa shape index (κ1) is 13.8. The van der Waals surface area contributed by atoms with Gasteiger partial charge in [-0.3, -0.25) is 4.79 Å². The highest BCUT2D eigenvalue weighted by atomic mass is 16.1. The van der Waals surface area contributed by atoms with Crippen LogP contribution in [0.15, 0.2) is 42.5 Å². The summed E-state index contributed by atoms with van der Waals surface area (Å²) in [5.74, 6) is 0.404. The highest BCUT2D eigenvalue weighted by Gasteiger charge is 2.03. The number of hydrogen-bond donors (Lipinski definition) is 0. The molecule has 0 aliphatic heterocycles. The van der Waals surface area contributed by atoms with Crippen LogP contribution in [0.5, 0.6) is 0 Å². The van der Waals surface area contributed by atoms with E-state index in [0.29, 0.717) is 12.2 Å². The van der Waals surface area contributed by atoms with Gasteiger partial charge in [0, 0.05) is 12.8 Å². The Morgan fingerprint density at radius 1 is 0.947 bits per heavy atom. The van der Waals surface area contributed by atoms with Crippen LogP contribution >= 0.6 is 0 Å². The summed E-state index contributed by atoms with van der Waals surface area (Å²) in [6.45, 7) is 2.17. The summed E-state index contributed by atoms with van der Waals surface area (Å²) in [4.78, 5) is 11.8. The lowest BCUT2D eigenvalue weighted by atomic mass is 10.0.